The maximum atomic E-state index is 5.67. The molecule has 1 unspecified atom stereocenters. The Morgan fingerprint density at radius 3 is 2.91 bits per heavy atom. The van der Waals surface area contributed by atoms with Gasteiger partial charge in [-0.1, -0.05) is 28.1 Å². The van der Waals surface area contributed by atoms with E-state index < -0.39 is 0 Å². The van der Waals surface area contributed by atoms with E-state index >= 15 is 0 Å². The molecule has 1 aliphatic carbocycles. The molecule has 1 saturated carbocycles. The highest BCUT2D eigenvalue weighted by Crippen LogP contribution is 2.48. The molecule has 0 bridgehead atoms. The number of rotatable bonds is 6. The van der Waals surface area contributed by atoms with Crippen LogP contribution in [-0.2, 0) is 10.2 Å². The standard InChI is InChI=1S/C18H26BrN3O/c1-2-20-17(21-12-16-7-4-10-23-16)22-13-18(8-9-18)14-5-3-6-15(19)11-14/h3,5-6,11,16H,2,4,7-10,12-13H2,1H3,(H2,20,21,22). The molecule has 0 spiro atoms. The van der Waals surface area contributed by atoms with E-state index in [0.717, 1.165) is 43.1 Å². The Labute approximate surface area is 147 Å². The van der Waals surface area contributed by atoms with Crippen molar-refractivity contribution in [3.8, 4) is 0 Å². The molecular weight excluding hydrogens is 354 g/mol. The van der Waals surface area contributed by atoms with Gasteiger partial charge < -0.3 is 15.4 Å². The number of nitrogens with one attached hydrogen (secondary N) is 2. The van der Waals surface area contributed by atoms with Crippen LogP contribution >= 0.6 is 15.9 Å². The van der Waals surface area contributed by atoms with Crippen LogP contribution in [0, 0.1) is 0 Å². The van der Waals surface area contributed by atoms with Gasteiger partial charge >= 0.3 is 0 Å². The Kier molecular flexibility index (Phi) is 5.59. The normalized spacial score (nSPS) is 22.9. The lowest BCUT2D eigenvalue weighted by atomic mass is 9.96. The van der Waals surface area contributed by atoms with Gasteiger partial charge in [0.1, 0.15) is 0 Å². The van der Waals surface area contributed by atoms with Crippen LogP contribution in [0.3, 0.4) is 0 Å². The van der Waals surface area contributed by atoms with Crippen molar-refractivity contribution in [1.82, 2.24) is 10.6 Å². The number of nitrogens with zero attached hydrogens (tertiary/aromatic N) is 1. The molecule has 0 amide bonds. The number of aliphatic imine (C=N–C) groups is 1. The first-order chi connectivity index (χ1) is 11.2. The summed E-state index contributed by atoms with van der Waals surface area (Å²) in [4.78, 5) is 4.84. The quantitative estimate of drug-likeness (QED) is 0.589. The molecule has 1 saturated heterocycles. The van der Waals surface area contributed by atoms with E-state index in [9.17, 15) is 0 Å². The lowest BCUT2D eigenvalue weighted by Gasteiger charge is -2.17. The molecule has 23 heavy (non-hydrogen) atoms. The summed E-state index contributed by atoms with van der Waals surface area (Å²) >= 11 is 3.58. The van der Waals surface area contributed by atoms with Crippen LogP contribution in [0.1, 0.15) is 38.2 Å². The van der Waals surface area contributed by atoms with E-state index in [-0.39, 0.29) is 5.41 Å². The first kappa shape index (κ1) is 16.8. The van der Waals surface area contributed by atoms with Gasteiger partial charge in [0.25, 0.3) is 0 Å². The minimum absolute atomic E-state index is 0.232. The van der Waals surface area contributed by atoms with Crippen LogP contribution in [0.2, 0.25) is 0 Å². The predicted molar refractivity (Wildman–Crippen MR) is 98.0 cm³/mol. The van der Waals surface area contributed by atoms with Crippen LogP contribution in [-0.4, -0.2) is 38.3 Å². The molecule has 2 aliphatic rings. The number of hydrogen-bond acceptors (Lipinski definition) is 2. The van der Waals surface area contributed by atoms with Gasteiger partial charge in [0.15, 0.2) is 5.96 Å². The van der Waals surface area contributed by atoms with Crippen LogP contribution in [0.25, 0.3) is 0 Å². The number of hydrogen-bond donors (Lipinski definition) is 2. The van der Waals surface area contributed by atoms with Gasteiger partial charge in [-0.3, -0.25) is 4.99 Å². The van der Waals surface area contributed by atoms with Gasteiger partial charge in [-0.15, -0.1) is 0 Å². The minimum Gasteiger partial charge on any atom is -0.376 e. The van der Waals surface area contributed by atoms with E-state index in [2.05, 4.69) is 57.8 Å². The second-order valence-corrected chi connectivity index (χ2v) is 7.42. The van der Waals surface area contributed by atoms with Crippen LogP contribution in [0.15, 0.2) is 33.7 Å². The third kappa shape index (κ3) is 4.48. The maximum Gasteiger partial charge on any atom is 0.191 e. The smallest absolute Gasteiger partial charge is 0.191 e. The summed E-state index contributed by atoms with van der Waals surface area (Å²) in [5.74, 6) is 0.907. The van der Waals surface area contributed by atoms with Crippen LogP contribution in [0.5, 0.6) is 0 Å². The highest BCUT2D eigenvalue weighted by molar-refractivity contribution is 9.10. The van der Waals surface area contributed by atoms with Gasteiger partial charge in [0.05, 0.1) is 12.6 Å². The van der Waals surface area contributed by atoms with Crippen molar-refractivity contribution in [3.63, 3.8) is 0 Å². The molecular formula is C18H26BrN3O. The average Bonchev–Trinajstić information content (AvgIpc) is 3.17. The van der Waals surface area contributed by atoms with Crippen molar-refractivity contribution in [2.45, 2.75) is 44.1 Å². The van der Waals surface area contributed by atoms with Gasteiger partial charge in [-0.25, -0.2) is 0 Å². The van der Waals surface area contributed by atoms with E-state index in [0.29, 0.717) is 6.10 Å². The number of benzene rings is 1. The predicted octanol–water partition coefficient (Wildman–Crippen LogP) is 3.21. The summed E-state index contributed by atoms with van der Waals surface area (Å²) in [6.07, 6.45) is 5.09. The highest BCUT2D eigenvalue weighted by atomic mass is 79.9. The van der Waals surface area contributed by atoms with Crippen LogP contribution in [0.4, 0.5) is 0 Å². The second kappa shape index (κ2) is 7.67. The third-order valence-corrected chi connectivity index (χ3v) is 5.19. The minimum atomic E-state index is 0.232. The van der Waals surface area contributed by atoms with Crippen molar-refractivity contribution in [3.05, 3.63) is 34.3 Å². The fourth-order valence-corrected chi connectivity index (χ4v) is 3.49. The van der Waals surface area contributed by atoms with Crippen molar-refractivity contribution in [2.75, 3.05) is 26.2 Å². The number of halogens is 1. The fourth-order valence-electron chi connectivity index (χ4n) is 3.10. The fraction of sp³-hybridized carbons (Fsp3) is 0.611. The van der Waals surface area contributed by atoms with Crippen LogP contribution < -0.4 is 10.6 Å². The zero-order valence-electron chi connectivity index (χ0n) is 13.8. The zero-order chi connectivity index (χ0) is 16.1. The van der Waals surface area contributed by atoms with E-state index in [4.69, 9.17) is 9.73 Å². The van der Waals surface area contributed by atoms with E-state index in [1.165, 1.54) is 24.8 Å². The van der Waals surface area contributed by atoms with Crippen molar-refractivity contribution < 1.29 is 4.74 Å². The zero-order valence-corrected chi connectivity index (χ0v) is 15.4. The van der Waals surface area contributed by atoms with Gasteiger partial charge in [-0.2, -0.15) is 0 Å². The third-order valence-electron chi connectivity index (χ3n) is 4.70. The van der Waals surface area contributed by atoms with Gasteiger partial charge in [-0.05, 0) is 50.3 Å². The van der Waals surface area contributed by atoms with Crippen molar-refractivity contribution in [1.29, 1.82) is 0 Å². The average molecular weight is 380 g/mol. The van der Waals surface area contributed by atoms with Gasteiger partial charge in [0, 0.05) is 29.6 Å². The Morgan fingerprint density at radius 2 is 2.26 bits per heavy atom. The summed E-state index contributed by atoms with van der Waals surface area (Å²) in [5.41, 5.74) is 1.63. The van der Waals surface area contributed by atoms with Crippen molar-refractivity contribution >= 4 is 21.9 Å². The summed E-state index contributed by atoms with van der Waals surface area (Å²) < 4.78 is 6.82. The number of ether oxygens (including phenoxy) is 1. The Balaban J connectivity index is 1.60. The first-order valence-corrected chi connectivity index (χ1v) is 9.41. The Bertz CT molecular complexity index is 551. The number of guanidine groups is 1. The lowest BCUT2D eigenvalue weighted by molar-refractivity contribution is 0.114. The molecule has 1 atom stereocenters. The molecule has 1 aliphatic heterocycles. The van der Waals surface area contributed by atoms with E-state index in [1.807, 2.05) is 0 Å². The molecule has 2 N–H and O–H groups in total. The molecule has 1 heterocycles. The largest absolute Gasteiger partial charge is 0.376 e. The first-order valence-electron chi connectivity index (χ1n) is 8.62. The summed E-state index contributed by atoms with van der Waals surface area (Å²) in [5, 5.41) is 6.77. The molecule has 1 aromatic rings. The molecule has 1 aromatic carbocycles. The monoisotopic (exact) mass is 379 g/mol. The Hall–Kier alpha value is -1.07. The summed E-state index contributed by atoms with van der Waals surface area (Å²) in [6.45, 7) is 5.55. The second-order valence-electron chi connectivity index (χ2n) is 6.50. The molecule has 0 aromatic heterocycles. The lowest BCUT2D eigenvalue weighted by Crippen LogP contribution is -2.41. The SMILES string of the molecule is CCNC(=NCC1(c2cccc(Br)c2)CC1)NCC1CCCO1. The maximum absolute atomic E-state index is 5.67. The topological polar surface area (TPSA) is 45.7 Å². The molecule has 0 radical (unpaired) electrons. The highest BCUT2D eigenvalue weighted by Gasteiger charge is 2.44. The molecule has 4 nitrogen and oxygen atoms in total. The van der Waals surface area contributed by atoms with Crippen molar-refractivity contribution in [2.24, 2.45) is 4.99 Å². The van der Waals surface area contributed by atoms with E-state index in [1.54, 1.807) is 0 Å². The summed E-state index contributed by atoms with van der Waals surface area (Å²) in [7, 11) is 0. The molecule has 126 valence electrons. The summed E-state index contributed by atoms with van der Waals surface area (Å²) in [6, 6.07) is 8.65. The Morgan fingerprint density at radius 1 is 1.39 bits per heavy atom. The molecule has 3 rings (SSSR count). The molecule has 2 fully saturated rings. The molecule has 5 heteroatoms. The van der Waals surface area contributed by atoms with Gasteiger partial charge in [0.2, 0.25) is 0 Å².